The van der Waals surface area contributed by atoms with Gasteiger partial charge in [-0.05, 0) is 28.9 Å². The highest BCUT2D eigenvalue weighted by atomic mass is 79.9. The molecule has 0 fully saturated rings. The molecule has 0 aliphatic carbocycles. The van der Waals surface area contributed by atoms with Gasteiger partial charge in [-0.25, -0.2) is 0 Å². The zero-order valence-electron chi connectivity index (χ0n) is 9.09. The van der Waals surface area contributed by atoms with Gasteiger partial charge in [-0.15, -0.1) is 0 Å². The van der Waals surface area contributed by atoms with Gasteiger partial charge in [0.15, 0.2) is 0 Å². The monoisotopic (exact) mass is 306 g/mol. The van der Waals surface area contributed by atoms with Crippen LogP contribution in [0.3, 0.4) is 0 Å². The van der Waals surface area contributed by atoms with Crippen molar-refractivity contribution in [3.8, 4) is 0 Å². The van der Waals surface area contributed by atoms with Gasteiger partial charge in [0.1, 0.15) is 0 Å². The van der Waals surface area contributed by atoms with Gasteiger partial charge in [0.2, 0.25) is 0 Å². The van der Waals surface area contributed by atoms with Gasteiger partial charge >= 0.3 is 0 Å². The molecule has 1 rings (SSSR count). The van der Waals surface area contributed by atoms with Crippen LogP contribution in [-0.2, 0) is 5.75 Å². The number of hydrogen-bond donors (Lipinski definition) is 0. The Morgan fingerprint density at radius 2 is 1.87 bits per heavy atom. The Hall–Kier alpha value is 0.340. The molecule has 0 aliphatic rings. The van der Waals surface area contributed by atoms with Crippen molar-refractivity contribution in [3.63, 3.8) is 0 Å². The standard InChI is InChI=1S/C12H16BrClS/c1-12(2,8-13)9-15-7-10-3-5-11(14)6-4-10/h3-6H,7-9H2,1-2H3. The lowest BCUT2D eigenvalue weighted by Crippen LogP contribution is -2.16. The van der Waals surface area contributed by atoms with Gasteiger partial charge in [0, 0.05) is 16.1 Å². The Kier molecular flexibility index (Phi) is 5.51. The first-order valence-electron chi connectivity index (χ1n) is 4.92. The van der Waals surface area contributed by atoms with Gasteiger partial charge in [0.05, 0.1) is 0 Å². The number of halogens is 2. The Morgan fingerprint density at radius 3 is 2.40 bits per heavy atom. The number of alkyl halides is 1. The lowest BCUT2D eigenvalue weighted by molar-refractivity contribution is 0.496. The predicted molar refractivity (Wildman–Crippen MR) is 75.2 cm³/mol. The number of benzene rings is 1. The maximum atomic E-state index is 5.83. The molecule has 0 unspecified atom stereocenters. The van der Waals surface area contributed by atoms with Crippen LogP contribution < -0.4 is 0 Å². The molecule has 0 radical (unpaired) electrons. The molecule has 15 heavy (non-hydrogen) atoms. The predicted octanol–water partition coefficient (Wildman–Crippen LogP) is 4.99. The van der Waals surface area contributed by atoms with E-state index in [1.54, 1.807) is 0 Å². The molecule has 0 aromatic heterocycles. The van der Waals surface area contributed by atoms with E-state index in [2.05, 4.69) is 41.9 Å². The molecule has 1 aromatic rings. The van der Waals surface area contributed by atoms with Crippen molar-refractivity contribution in [2.24, 2.45) is 5.41 Å². The van der Waals surface area contributed by atoms with E-state index in [0.717, 1.165) is 16.1 Å². The molecule has 0 bridgehead atoms. The number of hydrogen-bond acceptors (Lipinski definition) is 1. The summed E-state index contributed by atoms with van der Waals surface area (Å²) < 4.78 is 0. The van der Waals surface area contributed by atoms with Crippen LogP contribution in [0.2, 0.25) is 5.02 Å². The van der Waals surface area contributed by atoms with Gasteiger partial charge in [-0.1, -0.05) is 53.5 Å². The molecule has 3 heteroatoms. The van der Waals surface area contributed by atoms with Crippen LogP contribution in [0, 0.1) is 5.41 Å². The topological polar surface area (TPSA) is 0 Å². The summed E-state index contributed by atoms with van der Waals surface area (Å²) in [5, 5.41) is 1.86. The average Bonchev–Trinajstić information content (AvgIpc) is 2.21. The van der Waals surface area contributed by atoms with Crippen molar-refractivity contribution in [2.75, 3.05) is 11.1 Å². The zero-order valence-corrected chi connectivity index (χ0v) is 12.3. The molecular weight excluding hydrogens is 292 g/mol. The van der Waals surface area contributed by atoms with E-state index in [-0.39, 0.29) is 0 Å². The summed E-state index contributed by atoms with van der Waals surface area (Å²) >= 11 is 11.3. The van der Waals surface area contributed by atoms with Crippen LogP contribution in [0.1, 0.15) is 19.4 Å². The lowest BCUT2D eigenvalue weighted by atomic mass is 10.0. The van der Waals surface area contributed by atoms with Crippen LogP contribution in [0.5, 0.6) is 0 Å². The van der Waals surface area contributed by atoms with Crippen molar-refractivity contribution >= 4 is 39.3 Å². The van der Waals surface area contributed by atoms with Crippen molar-refractivity contribution in [3.05, 3.63) is 34.9 Å². The third-order valence-corrected chi connectivity index (χ3v) is 5.33. The summed E-state index contributed by atoms with van der Waals surface area (Å²) in [6.07, 6.45) is 0. The zero-order chi connectivity index (χ0) is 11.3. The van der Waals surface area contributed by atoms with Crippen molar-refractivity contribution < 1.29 is 0 Å². The summed E-state index contributed by atoms with van der Waals surface area (Å²) in [5.41, 5.74) is 1.71. The van der Waals surface area contributed by atoms with E-state index in [0.29, 0.717) is 5.41 Å². The molecule has 0 saturated heterocycles. The molecule has 0 N–H and O–H groups in total. The fraction of sp³-hybridized carbons (Fsp3) is 0.500. The average molecular weight is 308 g/mol. The first kappa shape index (κ1) is 13.4. The van der Waals surface area contributed by atoms with Gasteiger partial charge in [-0.2, -0.15) is 11.8 Å². The quantitative estimate of drug-likeness (QED) is 0.690. The minimum atomic E-state index is 0.372. The van der Waals surface area contributed by atoms with Crippen LogP contribution in [0.15, 0.2) is 24.3 Å². The molecule has 84 valence electrons. The molecule has 0 aliphatic heterocycles. The third-order valence-electron chi connectivity index (χ3n) is 2.04. The first-order chi connectivity index (χ1) is 7.03. The Bertz CT molecular complexity index is 295. The normalized spacial score (nSPS) is 11.7. The first-order valence-corrected chi connectivity index (χ1v) is 7.57. The smallest absolute Gasteiger partial charge is 0.0406 e. The van der Waals surface area contributed by atoms with Crippen LogP contribution in [0.4, 0.5) is 0 Å². The molecule has 0 atom stereocenters. The lowest BCUT2D eigenvalue weighted by Gasteiger charge is -2.20. The third kappa shape index (κ3) is 5.28. The SMILES string of the molecule is CC(C)(CBr)CSCc1ccc(Cl)cc1. The molecule has 0 amide bonds. The Balaban J connectivity index is 2.35. The van der Waals surface area contributed by atoms with Crippen molar-refractivity contribution in [1.29, 1.82) is 0 Å². The van der Waals surface area contributed by atoms with Gasteiger partial charge in [0.25, 0.3) is 0 Å². The second kappa shape index (κ2) is 6.17. The number of thioether (sulfide) groups is 1. The van der Waals surface area contributed by atoms with Gasteiger partial charge in [-0.3, -0.25) is 0 Å². The van der Waals surface area contributed by atoms with E-state index in [4.69, 9.17) is 11.6 Å². The molecule has 0 nitrogen and oxygen atoms in total. The highest BCUT2D eigenvalue weighted by Gasteiger charge is 2.15. The van der Waals surface area contributed by atoms with Crippen molar-refractivity contribution in [1.82, 2.24) is 0 Å². The molecule has 0 saturated carbocycles. The fourth-order valence-corrected chi connectivity index (χ4v) is 2.84. The van der Waals surface area contributed by atoms with E-state index in [1.807, 2.05) is 23.9 Å². The van der Waals surface area contributed by atoms with Crippen molar-refractivity contribution in [2.45, 2.75) is 19.6 Å². The summed E-state index contributed by atoms with van der Waals surface area (Å²) in [5.74, 6) is 2.23. The van der Waals surface area contributed by atoms with E-state index in [9.17, 15) is 0 Å². The number of rotatable bonds is 5. The van der Waals surface area contributed by atoms with Crippen LogP contribution in [-0.4, -0.2) is 11.1 Å². The second-order valence-corrected chi connectivity index (χ2v) is 6.40. The maximum Gasteiger partial charge on any atom is 0.0406 e. The van der Waals surface area contributed by atoms with E-state index < -0.39 is 0 Å². The van der Waals surface area contributed by atoms with Crippen LogP contribution in [0.25, 0.3) is 0 Å². The molecular formula is C12H16BrClS. The Morgan fingerprint density at radius 1 is 1.27 bits per heavy atom. The minimum Gasteiger partial charge on any atom is -0.157 e. The molecule has 0 heterocycles. The van der Waals surface area contributed by atoms with E-state index >= 15 is 0 Å². The van der Waals surface area contributed by atoms with Gasteiger partial charge < -0.3 is 0 Å². The second-order valence-electron chi connectivity index (χ2n) is 4.42. The molecule has 0 spiro atoms. The maximum absolute atomic E-state index is 5.83. The molecule has 1 aromatic carbocycles. The highest BCUT2D eigenvalue weighted by Crippen LogP contribution is 2.26. The minimum absolute atomic E-state index is 0.372. The van der Waals surface area contributed by atoms with Crippen LogP contribution >= 0.6 is 39.3 Å². The summed E-state index contributed by atoms with van der Waals surface area (Å²) in [7, 11) is 0. The largest absolute Gasteiger partial charge is 0.157 e. The Labute approximate surface area is 110 Å². The highest BCUT2D eigenvalue weighted by molar-refractivity contribution is 9.09. The summed E-state index contributed by atoms with van der Waals surface area (Å²) in [4.78, 5) is 0. The van der Waals surface area contributed by atoms with E-state index in [1.165, 1.54) is 11.3 Å². The fourth-order valence-electron chi connectivity index (χ4n) is 1.06. The summed E-state index contributed by atoms with van der Waals surface area (Å²) in [6.45, 7) is 4.55. The summed E-state index contributed by atoms with van der Waals surface area (Å²) in [6, 6.07) is 8.09.